The van der Waals surface area contributed by atoms with Crippen LogP contribution in [0.15, 0.2) is 18.2 Å². The lowest BCUT2D eigenvalue weighted by Crippen LogP contribution is -2.13. The second-order valence-corrected chi connectivity index (χ2v) is 4.85. The van der Waals surface area contributed by atoms with Crippen LogP contribution in [0, 0.1) is 11.9 Å². The van der Waals surface area contributed by atoms with E-state index in [0.29, 0.717) is 5.39 Å². The number of rotatable bonds is 0. The molecule has 0 spiro atoms. The SMILES string of the molecule is CC(C)(C)c1ccc2cc(O)[c]c(F)c2n1. The number of hydrogen-bond acceptors (Lipinski definition) is 2. The Bertz CT molecular complexity index is 543. The van der Waals surface area contributed by atoms with Crippen LogP contribution in [0.1, 0.15) is 26.5 Å². The lowest BCUT2D eigenvalue weighted by molar-refractivity contribution is 0.469. The molecule has 1 N–H and O–H groups in total. The summed E-state index contributed by atoms with van der Waals surface area (Å²) in [6.07, 6.45) is 0. The van der Waals surface area contributed by atoms with Crippen LogP contribution in [0.2, 0.25) is 0 Å². The van der Waals surface area contributed by atoms with Gasteiger partial charge in [0, 0.05) is 16.5 Å². The van der Waals surface area contributed by atoms with Gasteiger partial charge in [-0.3, -0.25) is 0 Å². The zero-order chi connectivity index (χ0) is 11.9. The van der Waals surface area contributed by atoms with E-state index in [-0.39, 0.29) is 16.7 Å². The van der Waals surface area contributed by atoms with Gasteiger partial charge in [-0.1, -0.05) is 26.8 Å². The Morgan fingerprint density at radius 2 is 2.00 bits per heavy atom. The molecule has 1 aromatic heterocycles. The molecule has 0 atom stereocenters. The van der Waals surface area contributed by atoms with Gasteiger partial charge in [0.05, 0.1) is 6.07 Å². The average molecular weight is 218 g/mol. The number of aromatic nitrogens is 1. The van der Waals surface area contributed by atoms with E-state index in [0.717, 1.165) is 5.69 Å². The normalized spacial score (nSPS) is 12.0. The van der Waals surface area contributed by atoms with Crippen molar-refractivity contribution in [3.8, 4) is 5.75 Å². The molecule has 2 nitrogen and oxygen atoms in total. The molecule has 0 amide bonds. The molecule has 1 aromatic carbocycles. The summed E-state index contributed by atoms with van der Waals surface area (Å²) in [6.45, 7) is 6.05. The minimum Gasteiger partial charge on any atom is -0.507 e. The third-order valence-electron chi connectivity index (χ3n) is 2.43. The van der Waals surface area contributed by atoms with Gasteiger partial charge < -0.3 is 5.11 Å². The number of benzene rings is 1. The molecule has 1 heterocycles. The van der Waals surface area contributed by atoms with Crippen molar-refractivity contribution in [3.63, 3.8) is 0 Å². The Kier molecular flexibility index (Phi) is 2.34. The predicted octanol–water partition coefficient (Wildman–Crippen LogP) is 3.18. The van der Waals surface area contributed by atoms with Crippen molar-refractivity contribution in [2.75, 3.05) is 0 Å². The van der Waals surface area contributed by atoms with E-state index in [9.17, 15) is 9.50 Å². The summed E-state index contributed by atoms with van der Waals surface area (Å²) in [7, 11) is 0. The molecule has 0 saturated carbocycles. The molecule has 0 aliphatic carbocycles. The molecule has 3 heteroatoms. The topological polar surface area (TPSA) is 33.1 Å². The maximum Gasteiger partial charge on any atom is 0.161 e. The van der Waals surface area contributed by atoms with Crippen LogP contribution in [-0.4, -0.2) is 10.1 Å². The number of phenolic OH excluding ortho intramolecular Hbond substituents is 1. The highest BCUT2D eigenvalue weighted by atomic mass is 19.1. The van der Waals surface area contributed by atoms with Crippen molar-refractivity contribution in [1.29, 1.82) is 0 Å². The Balaban J connectivity index is 2.72. The summed E-state index contributed by atoms with van der Waals surface area (Å²) in [5, 5.41) is 9.80. The van der Waals surface area contributed by atoms with E-state index in [2.05, 4.69) is 11.1 Å². The molecule has 0 fully saturated rings. The Hall–Kier alpha value is -1.64. The zero-order valence-electron chi connectivity index (χ0n) is 9.50. The highest BCUT2D eigenvalue weighted by molar-refractivity contribution is 5.80. The van der Waals surface area contributed by atoms with E-state index < -0.39 is 5.82 Å². The van der Waals surface area contributed by atoms with Gasteiger partial charge in [0.2, 0.25) is 0 Å². The maximum absolute atomic E-state index is 13.5. The van der Waals surface area contributed by atoms with Crippen molar-refractivity contribution in [2.24, 2.45) is 0 Å². The van der Waals surface area contributed by atoms with Crippen molar-refractivity contribution >= 4 is 10.9 Å². The average Bonchev–Trinajstić information content (AvgIpc) is 2.15. The summed E-state index contributed by atoms with van der Waals surface area (Å²) in [6, 6.07) is 7.29. The van der Waals surface area contributed by atoms with E-state index in [1.165, 1.54) is 6.07 Å². The second-order valence-electron chi connectivity index (χ2n) is 4.85. The van der Waals surface area contributed by atoms with Gasteiger partial charge in [-0.05, 0) is 12.1 Å². The number of nitrogens with zero attached hydrogens (tertiary/aromatic N) is 1. The van der Waals surface area contributed by atoms with Crippen LogP contribution in [-0.2, 0) is 5.41 Å². The lowest BCUT2D eigenvalue weighted by atomic mass is 9.91. The van der Waals surface area contributed by atoms with Gasteiger partial charge in [-0.15, -0.1) is 0 Å². The minimum absolute atomic E-state index is 0.126. The Labute approximate surface area is 93.8 Å². The molecule has 0 aliphatic heterocycles. The van der Waals surface area contributed by atoms with Crippen LogP contribution in [0.4, 0.5) is 4.39 Å². The lowest BCUT2D eigenvalue weighted by Gasteiger charge is -2.18. The molecule has 1 radical (unpaired) electrons. The summed E-state index contributed by atoms with van der Waals surface area (Å²) >= 11 is 0. The van der Waals surface area contributed by atoms with Crippen molar-refractivity contribution in [2.45, 2.75) is 26.2 Å². The molecule has 2 rings (SSSR count). The molecule has 16 heavy (non-hydrogen) atoms. The maximum atomic E-state index is 13.5. The van der Waals surface area contributed by atoms with Gasteiger partial charge in [-0.25, -0.2) is 9.37 Å². The highest BCUT2D eigenvalue weighted by Crippen LogP contribution is 2.26. The van der Waals surface area contributed by atoms with Crippen LogP contribution < -0.4 is 0 Å². The zero-order valence-corrected chi connectivity index (χ0v) is 9.50. The van der Waals surface area contributed by atoms with Gasteiger partial charge in [0.1, 0.15) is 11.3 Å². The molecule has 0 bridgehead atoms. The van der Waals surface area contributed by atoms with Gasteiger partial charge >= 0.3 is 0 Å². The largest absolute Gasteiger partial charge is 0.507 e. The first kappa shape index (κ1) is 10.9. The fraction of sp³-hybridized carbons (Fsp3) is 0.308. The summed E-state index contributed by atoms with van der Waals surface area (Å²) in [4.78, 5) is 4.27. The fourth-order valence-corrected chi connectivity index (χ4v) is 1.53. The molecule has 0 unspecified atom stereocenters. The first-order valence-electron chi connectivity index (χ1n) is 5.10. The van der Waals surface area contributed by atoms with Crippen LogP contribution in [0.3, 0.4) is 0 Å². The Morgan fingerprint density at radius 3 is 2.62 bits per heavy atom. The third-order valence-corrected chi connectivity index (χ3v) is 2.43. The fourth-order valence-electron chi connectivity index (χ4n) is 1.53. The van der Waals surface area contributed by atoms with Crippen molar-refractivity contribution in [3.05, 3.63) is 35.8 Å². The predicted molar refractivity (Wildman–Crippen MR) is 60.9 cm³/mol. The van der Waals surface area contributed by atoms with Crippen LogP contribution >= 0.6 is 0 Å². The van der Waals surface area contributed by atoms with Gasteiger partial charge in [-0.2, -0.15) is 0 Å². The number of fused-ring (bicyclic) bond motifs is 1. The smallest absolute Gasteiger partial charge is 0.161 e. The number of halogens is 1. The van der Waals surface area contributed by atoms with Crippen LogP contribution in [0.25, 0.3) is 10.9 Å². The molecule has 0 saturated heterocycles. The first-order valence-corrected chi connectivity index (χ1v) is 5.10. The van der Waals surface area contributed by atoms with E-state index in [1.807, 2.05) is 26.8 Å². The van der Waals surface area contributed by atoms with Gasteiger partial charge in [0.15, 0.2) is 5.82 Å². The third kappa shape index (κ3) is 1.85. The Morgan fingerprint density at radius 1 is 1.31 bits per heavy atom. The number of hydrogen-bond donors (Lipinski definition) is 1. The number of pyridine rings is 1. The molecular formula is C13H13FNO. The number of aromatic hydroxyl groups is 1. The summed E-state index contributed by atoms with van der Waals surface area (Å²) in [5.74, 6) is -0.809. The minimum atomic E-state index is -0.610. The first-order chi connectivity index (χ1) is 7.38. The van der Waals surface area contributed by atoms with E-state index in [1.54, 1.807) is 6.07 Å². The standard InChI is InChI=1S/C13H13FNO/c1-13(2,3)11-5-4-8-6-9(16)7-10(14)12(8)15-11/h4-6,16H,1-3H3. The molecule has 2 aromatic rings. The highest BCUT2D eigenvalue weighted by Gasteiger charge is 2.16. The monoisotopic (exact) mass is 218 g/mol. The van der Waals surface area contributed by atoms with E-state index >= 15 is 0 Å². The molecular weight excluding hydrogens is 205 g/mol. The number of phenols is 1. The summed E-state index contributed by atoms with van der Waals surface area (Å²) < 4.78 is 13.5. The quantitative estimate of drug-likeness (QED) is 0.736. The molecule has 83 valence electrons. The van der Waals surface area contributed by atoms with Crippen molar-refractivity contribution < 1.29 is 9.50 Å². The van der Waals surface area contributed by atoms with Crippen LogP contribution in [0.5, 0.6) is 5.75 Å². The summed E-state index contributed by atoms with van der Waals surface area (Å²) in [5.41, 5.74) is 0.946. The molecule has 0 aliphatic rings. The second kappa shape index (κ2) is 3.44. The van der Waals surface area contributed by atoms with E-state index in [4.69, 9.17) is 0 Å². The van der Waals surface area contributed by atoms with Gasteiger partial charge in [0.25, 0.3) is 0 Å². The van der Waals surface area contributed by atoms with Crippen molar-refractivity contribution in [1.82, 2.24) is 4.98 Å².